The molecule has 0 saturated carbocycles. The van der Waals surface area contributed by atoms with Gasteiger partial charge in [-0.15, -0.1) is 0 Å². The molecule has 1 aromatic heterocycles. The highest BCUT2D eigenvalue weighted by molar-refractivity contribution is 6.31. The second-order valence-electron chi connectivity index (χ2n) is 4.20. The molecule has 0 amide bonds. The molecule has 2 aromatic rings. The summed E-state index contributed by atoms with van der Waals surface area (Å²) in [7, 11) is 0. The molecule has 1 aliphatic rings. The van der Waals surface area contributed by atoms with Gasteiger partial charge in [0.15, 0.2) is 10.9 Å². The predicted octanol–water partition coefficient (Wildman–Crippen LogP) is 2.63. The minimum atomic E-state index is 0.204. The van der Waals surface area contributed by atoms with E-state index in [0.29, 0.717) is 10.9 Å². The molecule has 1 unspecified atom stereocenters. The number of para-hydroxylation sites is 1. The van der Waals surface area contributed by atoms with Crippen LogP contribution in [0.15, 0.2) is 30.3 Å². The van der Waals surface area contributed by atoms with Crippen molar-refractivity contribution in [3.05, 3.63) is 35.5 Å². The summed E-state index contributed by atoms with van der Waals surface area (Å²) in [5.41, 5.74) is 0.898. The summed E-state index contributed by atoms with van der Waals surface area (Å²) in [4.78, 5) is 4.34. The van der Waals surface area contributed by atoms with E-state index >= 15 is 0 Å². The van der Waals surface area contributed by atoms with Crippen molar-refractivity contribution in [2.75, 3.05) is 13.1 Å². The maximum absolute atomic E-state index is 6.13. The van der Waals surface area contributed by atoms with Gasteiger partial charge < -0.3 is 10.1 Å². The summed E-state index contributed by atoms with van der Waals surface area (Å²) in [6.45, 7) is 1.88. The Balaban J connectivity index is 1.95. The Labute approximate surface area is 105 Å². The van der Waals surface area contributed by atoms with E-state index in [4.69, 9.17) is 16.3 Å². The first-order valence-corrected chi connectivity index (χ1v) is 6.13. The van der Waals surface area contributed by atoms with Crippen LogP contribution in [0.5, 0.6) is 5.75 Å². The van der Waals surface area contributed by atoms with E-state index in [0.717, 1.165) is 30.4 Å². The van der Waals surface area contributed by atoms with Crippen LogP contribution in [-0.2, 0) is 0 Å². The van der Waals surface area contributed by atoms with E-state index < -0.39 is 0 Å². The van der Waals surface area contributed by atoms with Gasteiger partial charge in [-0.1, -0.05) is 29.8 Å². The highest BCUT2D eigenvalue weighted by Gasteiger charge is 2.17. The second-order valence-corrected chi connectivity index (χ2v) is 4.56. The zero-order chi connectivity index (χ0) is 11.7. The maximum atomic E-state index is 6.13. The average molecular weight is 249 g/mol. The molecule has 1 saturated heterocycles. The van der Waals surface area contributed by atoms with Gasteiger partial charge in [0.25, 0.3) is 0 Å². The average Bonchev–Trinajstić information content (AvgIpc) is 2.83. The zero-order valence-corrected chi connectivity index (χ0v) is 10.1. The quantitative estimate of drug-likeness (QED) is 0.830. The minimum Gasteiger partial charge on any atom is -0.486 e. The fourth-order valence-electron chi connectivity index (χ4n) is 2.06. The van der Waals surface area contributed by atoms with Crippen molar-refractivity contribution in [2.45, 2.75) is 12.5 Å². The number of nitrogens with zero attached hydrogens (tertiary/aromatic N) is 1. The molecule has 2 heterocycles. The summed E-state index contributed by atoms with van der Waals surface area (Å²) in [5, 5.41) is 4.75. The van der Waals surface area contributed by atoms with Crippen LogP contribution >= 0.6 is 11.6 Å². The largest absolute Gasteiger partial charge is 0.486 e. The van der Waals surface area contributed by atoms with Crippen LogP contribution in [0.25, 0.3) is 10.9 Å². The lowest BCUT2D eigenvalue weighted by molar-refractivity contribution is 0.223. The van der Waals surface area contributed by atoms with Gasteiger partial charge >= 0.3 is 0 Å². The number of ether oxygens (including phenoxy) is 1. The van der Waals surface area contributed by atoms with E-state index in [-0.39, 0.29) is 6.10 Å². The van der Waals surface area contributed by atoms with Gasteiger partial charge in [0, 0.05) is 11.9 Å². The first-order chi connectivity index (χ1) is 8.33. The van der Waals surface area contributed by atoms with E-state index in [1.54, 1.807) is 0 Å². The highest BCUT2D eigenvalue weighted by atomic mass is 35.5. The molecule has 1 N–H and O–H groups in total. The van der Waals surface area contributed by atoms with Crippen molar-refractivity contribution >= 4 is 22.5 Å². The number of aromatic nitrogens is 1. The Kier molecular flexibility index (Phi) is 2.87. The van der Waals surface area contributed by atoms with Gasteiger partial charge in [-0.3, -0.25) is 0 Å². The van der Waals surface area contributed by atoms with Gasteiger partial charge in [0.1, 0.15) is 6.10 Å². The summed E-state index contributed by atoms with van der Waals surface area (Å²) < 4.78 is 5.86. The molecule has 0 radical (unpaired) electrons. The molecule has 17 heavy (non-hydrogen) atoms. The summed E-state index contributed by atoms with van der Waals surface area (Å²) in [6.07, 6.45) is 1.22. The van der Waals surface area contributed by atoms with Crippen LogP contribution < -0.4 is 10.1 Å². The Morgan fingerprint density at radius 2 is 2.24 bits per heavy atom. The molecule has 1 aliphatic heterocycles. The highest BCUT2D eigenvalue weighted by Crippen LogP contribution is 2.28. The van der Waals surface area contributed by atoms with Crippen LogP contribution in [-0.4, -0.2) is 24.2 Å². The Hall–Kier alpha value is -1.32. The maximum Gasteiger partial charge on any atom is 0.171 e. The molecule has 1 fully saturated rings. The monoisotopic (exact) mass is 248 g/mol. The normalized spacial score (nSPS) is 19.7. The second kappa shape index (κ2) is 4.51. The summed E-state index contributed by atoms with van der Waals surface area (Å²) in [5.74, 6) is 0.680. The van der Waals surface area contributed by atoms with Gasteiger partial charge in [-0.2, -0.15) is 0 Å². The fourth-order valence-corrected chi connectivity index (χ4v) is 2.25. The number of hydrogen-bond donors (Lipinski definition) is 1. The van der Waals surface area contributed by atoms with Crippen LogP contribution in [0.3, 0.4) is 0 Å². The number of pyridine rings is 1. The van der Waals surface area contributed by atoms with Crippen LogP contribution in [0, 0.1) is 0 Å². The topological polar surface area (TPSA) is 34.1 Å². The van der Waals surface area contributed by atoms with E-state index in [1.807, 2.05) is 30.3 Å². The number of halogens is 1. The van der Waals surface area contributed by atoms with Gasteiger partial charge in [0.2, 0.25) is 0 Å². The molecule has 3 rings (SSSR count). The minimum absolute atomic E-state index is 0.204. The number of fused-ring (bicyclic) bond motifs is 1. The van der Waals surface area contributed by atoms with E-state index in [1.165, 1.54) is 0 Å². The van der Waals surface area contributed by atoms with Crippen molar-refractivity contribution < 1.29 is 4.74 Å². The SMILES string of the molecule is Clc1nc2ccccc2cc1OC1CCNC1. The molecule has 0 aliphatic carbocycles. The first kappa shape index (κ1) is 10.8. The molecule has 1 atom stereocenters. The number of nitrogens with one attached hydrogen (secondary N) is 1. The predicted molar refractivity (Wildman–Crippen MR) is 68.7 cm³/mol. The first-order valence-electron chi connectivity index (χ1n) is 5.75. The van der Waals surface area contributed by atoms with E-state index in [9.17, 15) is 0 Å². The summed E-state index contributed by atoms with van der Waals surface area (Å²) in [6, 6.07) is 9.86. The molecule has 3 nitrogen and oxygen atoms in total. The molecule has 1 aromatic carbocycles. The van der Waals surface area contributed by atoms with Crippen LogP contribution in [0.1, 0.15) is 6.42 Å². The Morgan fingerprint density at radius 1 is 1.35 bits per heavy atom. The summed E-state index contributed by atoms with van der Waals surface area (Å²) >= 11 is 6.13. The van der Waals surface area contributed by atoms with Crippen molar-refractivity contribution in [1.29, 1.82) is 0 Å². The smallest absolute Gasteiger partial charge is 0.171 e. The molecule has 0 spiro atoms. The molecule has 0 bridgehead atoms. The molecule has 88 valence electrons. The zero-order valence-electron chi connectivity index (χ0n) is 9.32. The van der Waals surface area contributed by atoms with E-state index in [2.05, 4.69) is 10.3 Å². The Morgan fingerprint density at radius 3 is 3.06 bits per heavy atom. The van der Waals surface area contributed by atoms with Crippen LogP contribution in [0.4, 0.5) is 0 Å². The van der Waals surface area contributed by atoms with Crippen molar-refractivity contribution in [2.24, 2.45) is 0 Å². The third-order valence-corrected chi connectivity index (χ3v) is 3.22. The number of rotatable bonds is 2. The molecular formula is C13H13ClN2O. The Bertz CT molecular complexity index is 538. The van der Waals surface area contributed by atoms with Crippen molar-refractivity contribution in [3.63, 3.8) is 0 Å². The lowest BCUT2D eigenvalue weighted by Gasteiger charge is -2.13. The molecule has 4 heteroatoms. The van der Waals surface area contributed by atoms with Gasteiger partial charge in [-0.05, 0) is 25.1 Å². The van der Waals surface area contributed by atoms with Gasteiger partial charge in [-0.25, -0.2) is 4.98 Å². The lowest BCUT2D eigenvalue weighted by atomic mass is 10.2. The van der Waals surface area contributed by atoms with Crippen LogP contribution in [0.2, 0.25) is 5.15 Å². The number of hydrogen-bond acceptors (Lipinski definition) is 3. The van der Waals surface area contributed by atoms with Crippen molar-refractivity contribution in [3.8, 4) is 5.75 Å². The fraction of sp³-hybridized carbons (Fsp3) is 0.308. The lowest BCUT2D eigenvalue weighted by Crippen LogP contribution is -2.19. The van der Waals surface area contributed by atoms with Crippen molar-refractivity contribution in [1.82, 2.24) is 10.3 Å². The third-order valence-electron chi connectivity index (χ3n) is 2.95. The molecular weight excluding hydrogens is 236 g/mol. The third kappa shape index (κ3) is 2.21. The number of benzene rings is 1. The standard InChI is InChI=1S/C13H13ClN2O/c14-13-12(17-10-5-6-15-8-10)7-9-3-1-2-4-11(9)16-13/h1-4,7,10,15H,5-6,8H2. The van der Waals surface area contributed by atoms with Gasteiger partial charge in [0.05, 0.1) is 5.52 Å².